The van der Waals surface area contributed by atoms with Gasteiger partial charge >= 0.3 is 0 Å². The van der Waals surface area contributed by atoms with Gasteiger partial charge in [0.2, 0.25) is 0 Å². The molecule has 1 saturated carbocycles. The lowest BCUT2D eigenvalue weighted by molar-refractivity contribution is -0.0115. The number of ether oxygens (including phenoxy) is 2. The molecule has 180 valence electrons. The molecule has 0 radical (unpaired) electrons. The van der Waals surface area contributed by atoms with Crippen LogP contribution in [0.4, 0.5) is 0 Å². The van der Waals surface area contributed by atoms with E-state index in [1.807, 2.05) is 32.1 Å². The monoisotopic (exact) mass is 458 g/mol. The van der Waals surface area contributed by atoms with Gasteiger partial charge in [-0.3, -0.25) is 0 Å². The van der Waals surface area contributed by atoms with Crippen molar-refractivity contribution in [2.75, 3.05) is 13.7 Å². The van der Waals surface area contributed by atoms with Crippen LogP contribution in [-0.4, -0.2) is 29.3 Å². The minimum Gasteiger partial charge on any atom is -0.487 e. The Bertz CT molecular complexity index is 1230. The van der Waals surface area contributed by atoms with Crippen LogP contribution in [0.1, 0.15) is 76.8 Å². The summed E-state index contributed by atoms with van der Waals surface area (Å²) in [7, 11) is 1.68. The van der Waals surface area contributed by atoms with Crippen LogP contribution in [0.2, 0.25) is 0 Å². The van der Waals surface area contributed by atoms with E-state index in [1.54, 1.807) is 7.11 Å². The number of methoxy groups -OCH3 is 1. The molecule has 3 atom stereocenters. The van der Waals surface area contributed by atoms with Gasteiger partial charge in [-0.05, 0) is 64.5 Å². The molecule has 4 nitrogen and oxygen atoms in total. The molecule has 0 N–H and O–H groups in total. The van der Waals surface area contributed by atoms with E-state index in [2.05, 4.69) is 56.4 Å². The van der Waals surface area contributed by atoms with Crippen molar-refractivity contribution in [3.8, 4) is 5.75 Å². The molecule has 2 aromatic carbocycles. The van der Waals surface area contributed by atoms with Crippen molar-refractivity contribution in [2.45, 2.75) is 65.4 Å². The van der Waals surface area contributed by atoms with Gasteiger partial charge in [0.1, 0.15) is 11.4 Å². The lowest BCUT2D eigenvalue weighted by Crippen LogP contribution is -2.46. The molecule has 5 rings (SSSR count). The first-order valence-corrected chi connectivity index (χ1v) is 12.6. The molecule has 4 heteroatoms. The number of allylic oxidation sites excluding steroid dienone is 1. The van der Waals surface area contributed by atoms with E-state index in [4.69, 9.17) is 14.7 Å². The second-order valence-corrected chi connectivity index (χ2v) is 10.1. The smallest absolute Gasteiger partial charge is 0.133 e. The third kappa shape index (κ3) is 4.24. The van der Waals surface area contributed by atoms with Crippen LogP contribution >= 0.6 is 0 Å². The van der Waals surface area contributed by atoms with Crippen LogP contribution in [0.3, 0.4) is 0 Å². The summed E-state index contributed by atoms with van der Waals surface area (Å²) < 4.78 is 11.3. The van der Waals surface area contributed by atoms with Crippen molar-refractivity contribution in [1.29, 1.82) is 0 Å². The van der Waals surface area contributed by atoms with E-state index in [9.17, 15) is 0 Å². The van der Waals surface area contributed by atoms with Crippen LogP contribution in [0.25, 0.3) is 34.0 Å². The van der Waals surface area contributed by atoms with E-state index in [0.29, 0.717) is 17.8 Å². The Morgan fingerprint density at radius 3 is 2.44 bits per heavy atom. The molecule has 3 aromatic rings. The Hall–Kier alpha value is -2.72. The first-order chi connectivity index (χ1) is 16.4. The predicted octanol–water partition coefficient (Wildman–Crippen LogP) is 7.80. The molecule has 1 fully saturated rings. The van der Waals surface area contributed by atoms with E-state index >= 15 is 0 Å². The standard InChI is InChI=1S/C27H30N2O.C3H8O/c1-6-10-22-21(7-2)28-25-23-19-15-16(3)13-14-20(19)27(4,5)30-26(23)18-12-9-8-11-17(18)24(25)29-22;1-3-4-2/h6-12,16,19-20H,2,13-15H2,1,3-5H3;3H2,1-2H3/b10-6-;/t16?,19-,20?;/m0./s1. The molecular weight excluding hydrogens is 420 g/mol. The zero-order valence-electron chi connectivity index (χ0n) is 21.5. The molecular formula is C30H38N2O2. The van der Waals surface area contributed by atoms with Crippen molar-refractivity contribution >= 4 is 34.0 Å². The van der Waals surface area contributed by atoms with Crippen LogP contribution < -0.4 is 4.74 Å². The van der Waals surface area contributed by atoms with Crippen LogP contribution in [0, 0.1) is 11.8 Å². The molecule has 0 bridgehead atoms. The summed E-state index contributed by atoms with van der Waals surface area (Å²) >= 11 is 0. The second kappa shape index (κ2) is 9.87. The quantitative estimate of drug-likeness (QED) is 0.376. The van der Waals surface area contributed by atoms with E-state index in [-0.39, 0.29) is 5.60 Å². The number of hydrogen-bond acceptors (Lipinski definition) is 4. The highest BCUT2D eigenvalue weighted by molar-refractivity contribution is 6.09. The molecule has 1 aliphatic heterocycles. The lowest BCUT2D eigenvalue weighted by atomic mass is 9.64. The Morgan fingerprint density at radius 2 is 1.79 bits per heavy atom. The molecule has 34 heavy (non-hydrogen) atoms. The van der Waals surface area contributed by atoms with Gasteiger partial charge in [0.25, 0.3) is 0 Å². The van der Waals surface area contributed by atoms with Gasteiger partial charge in [-0.1, -0.05) is 50.3 Å². The van der Waals surface area contributed by atoms with E-state index in [0.717, 1.165) is 45.6 Å². The molecule has 2 heterocycles. The Balaban J connectivity index is 0.000000636. The number of nitrogens with zero attached hydrogens (tertiary/aromatic N) is 2. The summed E-state index contributed by atoms with van der Waals surface area (Å²) in [5.41, 5.74) is 4.75. The zero-order chi connectivity index (χ0) is 24.5. The van der Waals surface area contributed by atoms with Gasteiger partial charge in [-0.15, -0.1) is 0 Å². The molecule has 2 unspecified atom stereocenters. The largest absolute Gasteiger partial charge is 0.487 e. The number of aromatic nitrogens is 2. The molecule has 0 saturated heterocycles. The fourth-order valence-corrected chi connectivity index (χ4v) is 5.73. The van der Waals surface area contributed by atoms with Gasteiger partial charge < -0.3 is 9.47 Å². The molecule has 1 aromatic heterocycles. The third-order valence-corrected chi connectivity index (χ3v) is 7.43. The average Bonchev–Trinajstić information content (AvgIpc) is 2.83. The summed E-state index contributed by atoms with van der Waals surface area (Å²) in [5.74, 6) is 2.67. The van der Waals surface area contributed by atoms with Crippen molar-refractivity contribution in [2.24, 2.45) is 11.8 Å². The molecule has 0 amide bonds. The van der Waals surface area contributed by atoms with Gasteiger partial charge in [0.05, 0.1) is 22.4 Å². The lowest BCUT2D eigenvalue weighted by Gasteiger charge is -2.49. The topological polar surface area (TPSA) is 44.2 Å². The van der Waals surface area contributed by atoms with Gasteiger partial charge in [0.15, 0.2) is 0 Å². The highest BCUT2D eigenvalue weighted by atomic mass is 16.5. The maximum atomic E-state index is 6.79. The highest BCUT2D eigenvalue weighted by Gasteiger charge is 2.47. The third-order valence-electron chi connectivity index (χ3n) is 7.43. The minimum absolute atomic E-state index is 0.187. The van der Waals surface area contributed by atoms with E-state index < -0.39 is 0 Å². The number of fused-ring (bicyclic) bond motifs is 8. The summed E-state index contributed by atoms with van der Waals surface area (Å²) in [4.78, 5) is 10.2. The number of hydrogen-bond donors (Lipinski definition) is 0. The maximum absolute atomic E-state index is 6.79. The second-order valence-electron chi connectivity index (χ2n) is 10.1. The van der Waals surface area contributed by atoms with Crippen molar-refractivity contribution in [3.05, 3.63) is 53.9 Å². The molecule has 1 aliphatic carbocycles. The number of rotatable bonds is 3. The van der Waals surface area contributed by atoms with E-state index in [1.165, 1.54) is 24.8 Å². The maximum Gasteiger partial charge on any atom is 0.133 e. The Morgan fingerprint density at radius 1 is 1.12 bits per heavy atom. The molecule has 0 spiro atoms. The average molecular weight is 459 g/mol. The Kier molecular flexibility index (Phi) is 7.09. The van der Waals surface area contributed by atoms with Gasteiger partial charge in [0, 0.05) is 36.0 Å². The minimum atomic E-state index is -0.187. The van der Waals surface area contributed by atoms with Crippen molar-refractivity contribution in [3.63, 3.8) is 0 Å². The van der Waals surface area contributed by atoms with Gasteiger partial charge in [-0.2, -0.15) is 0 Å². The first-order valence-electron chi connectivity index (χ1n) is 12.6. The summed E-state index contributed by atoms with van der Waals surface area (Å²) in [6, 6.07) is 8.49. The first kappa shape index (κ1) is 24.4. The van der Waals surface area contributed by atoms with Crippen LogP contribution in [-0.2, 0) is 4.74 Å². The van der Waals surface area contributed by atoms with Crippen LogP contribution in [0.5, 0.6) is 5.75 Å². The normalized spacial score (nSPS) is 23.1. The predicted molar refractivity (Wildman–Crippen MR) is 143 cm³/mol. The van der Waals surface area contributed by atoms with Crippen LogP contribution in [0.15, 0.2) is 36.9 Å². The summed E-state index contributed by atoms with van der Waals surface area (Å²) in [6.45, 7) is 15.7. The van der Waals surface area contributed by atoms with Gasteiger partial charge in [-0.25, -0.2) is 9.97 Å². The fourth-order valence-electron chi connectivity index (χ4n) is 5.73. The summed E-state index contributed by atoms with van der Waals surface area (Å²) in [5, 5.41) is 2.26. The molecule has 2 aliphatic rings. The van der Waals surface area contributed by atoms with Crippen molar-refractivity contribution in [1.82, 2.24) is 9.97 Å². The Labute approximate surface area is 204 Å². The SMILES string of the molecule is C=Cc1nc2c3c(c4ccccc4c2nc1/C=C\C)OC(C)(C)C1CCC(C)C[C@H]31.CCOC. The fraction of sp³-hybridized carbons (Fsp3) is 0.467. The zero-order valence-corrected chi connectivity index (χ0v) is 21.5. The summed E-state index contributed by atoms with van der Waals surface area (Å²) in [6.07, 6.45) is 9.49. The highest BCUT2D eigenvalue weighted by Crippen LogP contribution is 2.56. The number of benzene rings is 2. The van der Waals surface area contributed by atoms with Crippen molar-refractivity contribution < 1.29 is 9.47 Å².